The molecule has 1 aliphatic carbocycles. The molecule has 146 valence electrons. The van der Waals surface area contributed by atoms with Gasteiger partial charge in [-0.2, -0.15) is 0 Å². The lowest BCUT2D eigenvalue weighted by atomic mass is 9.54. The van der Waals surface area contributed by atoms with Gasteiger partial charge in [-0.3, -0.25) is 9.69 Å². The Morgan fingerprint density at radius 2 is 1.92 bits per heavy atom. The summed E-state index contributed by atoms with van der Waals surface area (Å²) in [5, 5.41) is 0. The van der Waals surface area contributed by atoms with E-state index in [2.05, 4.69) is 25.7 Å². The molecule has 0 aromatic rings. The van der Waals surface area contributed by atoms with E-state index in [1.165, 1.54) is 0 Å². The summed E-state index contributed by atoms with van der Waals surface area (Å²) in [7, 11) is 0. The third-order valence-electron chi connectivity index (χ3n) is 6.30. The number of piperazine rings is 1. The van der Waals surface area contributed by atoms with Crippen LogP contribution in [0.4, 0.5) is 0 Å². The number of nitrogens with two attached hydrogens (primary N) is 1. The molecule has 2 fully saturated rings. The van der Waals surface area contributed by atoms with E-state index in [1.807, 2.05) is 18.7 Å². The molecule has 2 aliphatic rings. The molecule has 0 radical (unpaired) electrons. The Morgan fingerprint density at radius 1 is 1.20 bits per heavy atom. The summed E-state index contributed by atoms with van der Waals surface area (Å²) < 4.78 is 11.3. The normalized spacial score (nSPS) is 32.5. The number of amides is 1. The van der Waals surface area contributed by atoms with Crippen molar-refractivity contribution in [1.29, 1.82) is 0 Å². The van der Waals surface area contributed by atoms with Gasteiger partial charge in [-0.25, -0.2) is 0 Å². The van der Waals surface area contributed by atoms with E-state index < -0.39 is 5.54 Å². The van der Waals surface area contributed by atoms with Crippen LogP contribution in [-0.2, 0) is 14.3 Å². The Labute approximate surface area is 153 Å². The van der Waals surface area contributed by atoms with Gasteiger partial charge in [-0.15, -0.1) is 0 Å². The van der Waals surface area contributed by atoms with Crippen LogP contribution in [-0.4, -0.2) is 79.4 Å². The van der Waals surface area contributed by atoms with Crippen molar-refractivity contribution >= 4 is 5.91 Å². The molecule has 0 bridgehead atoms. The van der Waals surface area contributed by atoms with Gasteiger partial charge < -0.3 is 20.1 Å². The van der Waals surface area contributed by atoms with Gasteiger partial charge in [0, 0.05) is 57.3 Å². The van der Waals surface area contributed by atoms with Crippen molar-refractivity contribution in [2.75, 3.05) is 46.0 Å². The molecule has 0 spiro atoms. The van der Waals surface area contributed by atoms with Gasteiger partial charge in [0.15, 0.2) is 0 Å². The first-order valence-corrected chi connectivity index (χ1v) is 9.83. The third kappa shape index (κ3) is 3.87. The van der Waals surface area contributed by atoms with Crippen molar-refractivity contribution in [3.8, 4) is 0 Å². The maximum Gasteiger partial charge on any atom is 0.243 e. The number of carbonyl (C=O) groups excluding carboxylic acids is 1. The summed E-state index contributed by atoms with van der Waals surface area (Å²) in [6.45, 7) is 15.8. The zero-order chi connectivity index (χ0) is 18.7. The number of hydrogen-bond acceptors (Lipinski definition) is 5. The maximum absolute atomic E-state index is 13.2. The van der Waals surface area contributed by atoms with Crippen LogP contribution in [0.1, 0.15) is 47.5 Å². The molecule has 2 rings (SSSR count). The minimum atomic E-state index is -0.807. The van der Waals surface area contributed by atoms with Crippen molar-refractivity contribution in [3.63, 3.8) is 0 Å². The number of hydrogen-bond donors (Lipinski definition) is 1. The molecule has 2 N–H and O–H groups in total. The van der Waals surface area contributed by atoms with Gasteiger partial charge >= 0.3 is 0 Å². The van der Waals surface area contributed by atoms with Crippen LogP contribution in [0, 0.1) is 5.41 Å². The number of ether oxygens (including phenoxy) is 2. The second-order valence-electron chi connectivity index (χ2n) is 7.89. The SMILES string of the molecule is CCOCCN1CCN(C(=O)C2(N)CC(OCC)C2(C)C)CC1CC. The minimum Gasteiger partial charge on any atom is -0.380 e. The second kappa shape index (κ2) is 8.33. The number of carbonyl (C=O) groups is 1. The largest absolute Gasteiger partial charge is 0.380 e. The summed E-state index contributed by atoms with van der Waals surface area (Å²) in [6.07, 6.45) is 1.72. The highest BCUT2D eigenvalue weighted by molar-refractivity contribution is 5.89. The molecule has 1 saturated heterocycles. The topological polar surface area (TPSA) is 68.0 Å². The van der Waals surface area contributed by atoms with Gasteiger partial charge in [0.1, 0.15) is 5.54 Å². The Balaban J connectivity index is 1.97. The molecule has 1 amide bonds. The van der Waals surface area contributed by atoms with Crippen molar-refractivity contribution in [3.05, 3.63) is 0 Å². The standard InChI is InChI=1S/C19H37N3O3/c1-6-15-14-22(10-9-21(15)11-12-24-7-2)17(23)19(20)13-16(25-8-3)18(19,4)5/h15-16H,6-14,20H2,1-5H3. The molecular weight excluding hydrogens is 318 g/mol. The molecule has 1 saturated carbocycles. The first-order valence-electron chi connectivity index (χ1n) is 9.83. The first-order chi connectivity index (χ1) is 11.8. The van der Waals surface area contributed by atoms with E-state index in [4.69, 9.17) is 15.2 Å². The van der Waals surface area contributed by atoms with Gasteiger partial charge in [0.25, 0.3) is 0 Å². The molecule has 6 nitrogen and oxygen atoms in total. The van der Waals surface area contributed by atoms with Gasteiger partial charge in [-0.05, 0) is 20.3 Å². The van der Waals surface area contributed by atoms with Crippen LogP contribution in [0.25, 0.3) is 0 Å². The second-order valence-corrected chi connectivity index (χ2v) is 7.89. The van der Waals surface area contributed by atoms with Crippen LogP contribution in [0.3, 0.4) is 0 Å². The highest BCUT2D eigenvalue weighted by atomic mass is 16.5. The highest BCUT2D eigenvalue weighted by Crippen LogP contribution is 2.50. The van der Waals surface area contributed by atoms with E-state index in [0.717, 1.165) is 45.8 Å². The molecule has 25 heavy (non-hydrogen) atoms. The molecule has 1 heterocycles. The van der Waals surface area contributed by atoms with Crippen LogP contribution < -0.4 is 5.73 Å². The fourth-order valence-corrected chi connectivity index (χ4v) is 4.17. The van der Waals surface area contributed by atoms with Crippen molar-refractivity contribution < 1.29 is 14.3 Å². The third-order valence-corrected chi connectivity index (χ3v) is 6.30. The monoisotopic (exact) mass is 355 g/mol. The summed E-state index contributed by atoms with van der Waals surface area (Å²) in [5.74, 6) is 0.0939. The molecule has 1 aliphatic heterocycles. The Morgan fingerprint density at radius 3 is 2.48 bits per heavy atom. The van der Waals surface area contributed by atoms with Crippen LogP contribution >= 0.6 is 0 Å². The highest BCUT2D eigenvalue weighted by Gasteiger charge is 2.63. The quantitative estimate of drug-likeness (QED) is 0.668. The van der Waals surface area contributed by atoms with E-state index in [1.54, 1.807) is 0 Å². The van der Waals surface area contributed by atoms with E-state index in [9.17, 15) is 4.79 Å². The molecule has 3 atom stereocenters. The van der Waals surface area contributed by atoms with Crippen LogP contribution in [0.5, 0.6) is 0 Å². The first kappa shape index (κ1) is 20.6. The zero-order valence-electron chi connectivity index (χ0n) is 16.7. The Hall–Kier alpha value is -0.690. The van der Waals surface area contributed by atoms with Gasteiger partial charge in [0.05, 0.1) is 12.7 Å². The van der Waals surface area contributed by atoms with E-state index >= 15 is 0 Å². The lowest BCUT2D eigenvalue weighted by molar-refractivity contribution is -0.181. The van der Waals surface area contributed by atoms with Gasteiger partial charge in [-0.1, -0.05) is 20.8 Å². The zero-order valence-corrected chi connectivity index (χ0v) is 16.7. The maximum atomic E-state index is 13.2. The van der Waals surface area contributed by atoms with Crippen molar-refractivity contribution in [1.82, 2.24) is 9.80 Å². The van der Waals surface area contributed by atoms with Crippen molar-refractivity contribution in [2.24, 2.45) is 11.1 Å². The average Bonchev–Trinajstić information content (AvgIpc) is 2.61. The minimum absolute atomic E-state index is 0.0703. The lowest BCUT2D eigenvalue weighted by Crippen LogP contribution is -2.77. The van der Waals surface area contributed by atoms with Crippen LogP contribution in [0.2, 0.25) is 0 Å². The predicted molar refractivity (Wildman–Crippen MR) is 99.5 cm³/mol. The number of nitrogens with zero attached hydrogens (tertiary/aromatic N) is 2. The van der Waals surface area contributed by atoms with E-state index in [-0.39, 0.29) is 17.4 Å². The van der Waals surface area contributed by atoms with Gasteiger partial charge in [0.2, 0.25) is 5.91 Å². The molecule has 6 heteroatoms. The predicted octanol–water partition coefficient (Wildman–Crippen LogP) is 1.48. The lowest BCUT2D eigenvalue weighted by Gasteiger charge is -2.59. The smallest absolute Gasteiger partial charge is 0.243 e. The summed E-state index contributed by atoms with van der Waals surface area (Å²) in [5.41, 5.74) is 5.46. The average molecular weight is 356 g/mol. The molecule has 0 aromatic heterocycles. The fourth-order valence-electron chi connectivity index (χ4n) is 4.17. The summed E-state index contributed by atoms with van der Waals surface area (Å²) in [6, 6.07) is 0.382. The fraction of sp³-hybridized carbons (Fsp3) is 0.947. The molecule has 3 unspecified atom stereocenters. The van der Waals surface area contributed by atoms with E-state index in [0.29, 0.717) is 19.1 Å². The summed E-state index contributed by atoms with van der Waals surface area (Å²) >= 11 is 0. The van der Waals surface area contributed by atoms with Crippen molar-refractivity contribution in [2.45, 2.75) is 65.1 Å². The summed E-state index contributed by atoms with van der Waals surface area (Å²) in [4.78, 5) is 17.6. The van der Waals surface area contributed by atoms with Crippen LogP contribution in [0.15, 0.2) is 0 Å². The molecule has 0 aromatic carbocycles. The Kier molecular flexibility index (Phi) is 6.87. The Bertz CT molecular complexity index is 457. The number of rotatable bonds is 8. The molecular formula is C19H37N3O3.